The van der Waals surface area contributed by atoms with Crippen molar-refractivity contribution < 1.29 is 4.39 Å². The van der Waals surface area contributed by atoms with Crippen LogP contribution in [0.15, 0.2) is 59.9 Å². The number of benzene rings is 2. The van der Waals surface area contributed by atoms with Gasteiger partial charge < -0.3 is 5.32 Å². The van der Waals surface area contributed by atoms with Crippen LogP contribution < -0.4 is 5.32 Å². The van der Waals surface area contributed by atoms with Crippen molar-refractivity contribution in [3.63, 3.8) is 0 Å². The number of hydrogen-bond donors (Lipinski definition) is 2. The van der Waals surface area contributed by atoms with Crippen LogP contribution in [-0.2, 0) is 6.54 Å². The number of aromatic amines is 1. The summed E-state index contributed by atoms with van der Waals surface area (Å²) in [5.74, 6) is 0.388. The molecule has 6 heteroatoms. The fourth-order valence-electron chi connectivity index (χ4n) is 1.87. The minimum atomic E-state index is -0.249. The molecule has 0 atom stereocenters. The molecular weight excluding hydrogens is 281 g/mol. The van der Waals surface area contributed by atoms with Crippen molar-refractivity contribution in [1.29, 1.82) is 0 Å². The summed E-state index contributed by atoms with van der Waals surface area (Å²) in [5.41, 5.74) is 2.81. The van der Waals surface area contributed by atoms with Crippen molar-refractivity contribution in [2.24, 2.45) is 4.99 Å². The van der Waals surface area contributed by atoms with Crippen LogP contribution in [0.4, 0.5) is 16.0 Å². The Hall–Kier alpha value is -3.02. The minimum Gasteiger partial charge on any atom is -0.351 e. The second kappa shape index (κ2) is 6.62. The monoisotopic (exact) mass is 295 g/mol. The minimum absolute atomic E-state index is 0.249. The number of halogens is 1. The Morgan fingerprint density at radius 3 is 2.55 bits per heavy atom. The molecule has 0 aliphatic carbocycles. The Labute approximate surface area is 127 Å². The number of rotatable bonds is 5. The zero-order chi connectivity index (χ0) is 15.2. The van der Waals surface area contributed by atoms with E-state index < -0.39 is 0 Å². The van der Waals surface area contributed by atoms with Gasteiger partial charge in [0.2, 0.25) is 5.95 Å². The molecule has 2 N–H and O–H groups in total. The molecule has 0 saturated heterocycles. The van der Waals surface area contributed by atoms with Gasteiger partial charge in [-0.1, -0.05) is 24.3 Å². The molecule has 2 aromatic carbocycles. The van der Waals surface area contributed by atoms with E-state index in [1.165, 1.54) is 18.5 Å². The molecule has 1 aromatic heterocycles. The second-order valence-electron chi connectivity index (χ2n) is 4.66. The first kappa shape index (κ1) is 13.9. The van der Waals surface area contributed by atoms with Crippen molar-refractivity contribution in [2.75, 3.05) is 5.32 Å². The third-order valence-electron chi connectivity index (χ3n) is 3.04. The van der Waals surface area contributed by atoms with E-state index >= 15 is 0 Å². The number of nitrogens with one attached hydrogen (secondary N) is 2. The average Bonchev–Trinajstić information content (AvgIpc) is 3.07. The third-order valence-corrected chi connectivity index (χ3v) is 3.04. The normalized spacial score (nSPS) is 11.0. The van der Waals surface area contributed by atoms with Crippen molar-refractivity contribution in [1.82, 2.24) is 15.2 Å². The van der Waals surface area contributed by atoms with Crippen LogP contribution >= 0.6 is 0 Å². The molecule has 0 radical (unpaired) electrons. The van der Waals surface area contributed by atoms with Crippen molar-refractivity contribution >= 4 is 17.9 Å². The lowest BCUT2D eigenvalue weighted by Crippen LogP contribution is -2.00. The van der Waals surface area contributed by atoms with Crippen molar-refractivity contribution in [2.45, 2.75) is 6.54 Å². The molecule has 110 valence electrons. The van der Waals surface area contributed by atoms with E-state index in [0.717, 1.165) is 16.8 Å². The number of aromatic nitrogens is 3. The van der Waals surface area contributed by atoms with Crippen LogP contribution in [0.3, 0.4) is 0 Å². The number of aliphatic imine (C=N–C) groups is 1. The smallest absolute Gasteiger partial charge is 0.218 e. The number of nitrogens with zero attached hydrogens (tertiary/aromatic N) is 3. The largest absolute Gasteiger partial charge is 0.351 e. The molecule has 3 rings (SSSR count). The van der Waals surface area contributed by atoms with Crippen LogP contribution in [0.25, 0.3) is 0 Å². The van der Waals surface area contributed by atoms with Gasteiger partial charge in [-0.2, -0.15) is 5.10 Å². The lowest BCUT2D eigenvalue weighted by molar-refractivity contribution is 0.628. The van der Waals surface area contributed by atoms with Gasteiger partial charge in [-0.3, -0.25) is 4.99 Å². The highest BCUT2D eigenvalue weighted by molar-refractivity contribution is 5.81. The van der Waals surface area contributed by atoms with Gasteiger partial charge in [0.1, 0.15) is 12.1 Å². The van der Waals surface area contributed by atoms with Gasteiger partial charge in [-0.05, 0) is 35.4 Å². The summed E-state index contributed by atoms with van der Waals surface area (Å²) in [6.45, 7) is 0.650. The van der Waals surface area contributed by atoms with Crippen molar-refractivity contribution in [3.05, 3.63) is 71.8 Å². The Morgan fingerprint density at radius 1 is 1.09 bits per heavy atom. The highest BCUT2D eigenvalue weighted by Gasteiger charge is 1.96. The van der Waals surface area contributed by atoms with Crippen molar-refractivity contribution in [3.8, 4) is 0 Å². The van der Waals surface area contributed by atoms with Crippen LogP contribution in [0, 0.1) is 5.82 Å². The first-order valence-corrected chi connectivity index (χ1v) is 6.77. The Balaban J connectivity index is 1.60. The zero-order valence-corrected chi connectivity index (χ0v) is 11.7. The molecular formula is C16H14FN5. The molecule has 1 heterocycles. The lowest BCUT2D eigenvalue weighted by Gasteiger charge is -2.03. The zero-order valence-electron chi connectivity index (χ0n) is 11.7. The molecule has 0 saturated carbocycles. The van der Waals surface area contributed by atoms with E-state index in [0.29, 0.717) is 12.5 Å². The van der Waals surface area contributed by atoms with Gasteiger partial charge in [0.05, 0.1) is 5.69 Å². The molecule has 0 spiro atoms. The Bertz CT molecular complexity index is 733. The van der Waals surface area contributed by atoms with Gasteiger partial charge in [-0.15, -0.1) is 0 Å². The molecule has 0 aliphatic heterocycles. The van der Waals surface area contributed by atoms with E-state index in [2.05, 4.69) is 25.5 Å². The summed E-state index contributed by atoms with van der Waals surface area (Å²) in [4.78, 5) is 8.35. The fourth-order valence-corrected chi connectivity index (χ4v) is 1.87. The molecule has 0 aliphatic rings. The number of anilines is 1. The van der Waals surface area contributed by atoms with Gasteiger partial charge in [0, 0.05) is 12.8 Å². The van der Waals surface area contributed by atoms with E-state index in [1.54, 1.807) is 18.3 Å². The van der Waals surface area contributed by atoms with Gasteiger partial charge in [0.25, 0.3) is 0 Å². The summed E-state index contributed by atoms with van der Waals surface area (Å²) in [5, 5.41) is 9.63. The summed E-state index contributed by atoms with van der Waals surface area (Å²) < 4.78 is 12.8. The van der Waals surface area contributed by atoms with Gasteiger partial charge in [-0.25, -0.2) is 14.5 Å². The SMILES string of the molecule is Fc1ccc(C=Nc2ccc(CNc3ncn[nH]3)cc2)cc1. The van der Waals surface area contributed by atoms with E-state index in [4.69, 9.17) is 0 Å². The highest BCUT2D eigenvalue weighted by Crippen LogP contribution is 2.14. The summed E-state index contributed by atoms with van der Waals surface area (Å²) in [7, 11) is 0. The van der Waals surface area contributed by atoms with Crippen LogP contribution in [-0.4, -0.2) is 21.4 Å². The summed E-state index contributed by atoms with van der Waals surface area (Å²) in [6, 6.07) is 14.0. The van der Waals surface area contributed by atoms with Crippen LogP contribution in [0.2, 0.25) is 0 Å². The summed E-state index contributed by atoms with van der Waals surface area (Å²) >= 11 is 0. The predicted molar refractivity (Wildman–Crippen MR) is 83.8 cm³/mol. The van der Waals surface area contributed by atoms with Crippen LogP contribution in [0.5, 0.6) is 0 Å². The topological polar surface area (TPSA) is 66.0 Å². The van der Waals surface area contributed by atoms with E-state index in [-0.39, 0.29) is 5.82 Å². The third kappa shape index (κ3) is 3.76. The molecule has 0 amide bonds. The molecule has 5 nitrogen and oxygen atoms in total. The van der Waals surface area contributed by atoms with E-state index in [9.17, 15) is 4.39 Å². The van der Waals surface area contributed by atoms with Gasteiger partial charge in [0.15, 0.2) is 0 Å². The maximum Gasteiger partial charge on any atom is 0.218 e. The molecule has 3 aromatic rings. The van der Waals surface area contributed by atoms with Crippen LogP contribution in [0.1, 0.15) is 11.1 Å². The molecule has 0 fully saturated rings. The highest BCUT2D eigenvalue weighted by atomic mass is 19.1. The Morgan fingerprint density at radius 2 is 1.86 bits per heavy atom. The molecule has 0 unspecified atom stereocenters. The average molecular weight is 295 g/mol. The second-order valence-corrected chi connectivity index (χ2v) is 4.66. The maximum atomic E-state index is 12.8. The first-order chi connectivity index (χ1) is 10.8. The molecule has 22 heavy (non-hydrogen) atoms. The maximum absolute atomic E-state index is 12.8. The fraction of sp³-hybridized carbons (Fsp3) is 0.0625. The molecule has 0 bridgehead atoms. The summed E-state index contributed by atoms with van der Waals surface area (Å²) in [6.07, 6.45) is 3.16. The number of H-pyrrole nitrogens is 1. The van der Waals surface area contributed by atoms with Gasteiger partial charge >= 0.3 is 0 Å². The number of hydrogen-bond acceptors (Lipinski definition) is 4. The lowest BCUT2D eigenvalue weighted by atomic mass is 10.2. The quantitative estimate of drug-likeness (QED) is 0.710. The predicted octanol–water partition coefficient (Wildman–Crippen LogP) is 3.31. The van der Waals surface area contributed by atoms with E-state index in [1.807, 2.05) is 24.3 Å². The Kier molecular flexibility index (Phi) is 4.20. The standard InChI is InChI=1S/C16H14FN5/c17-14-5-1-12(2-6-14)9-18-15-7-3-13(4-8-15)10-19-16-20-11-21-22-16/h1-9,11H,10H2,(H2,19,20,21,22). The first-order valence-electron chi connectivity index (χ1n) is 6.77.